The van der Waals surface area contributed by atoms with Gasteiger partial charge in [0.05, 0.1) is 8.07 Å². The predicted octanol–water partition coefficient (Wildman–Crippen LogP) is 6.12. The van der Waals surface area contributed by atoms with Crippen molar-refractivity contribution in [2.75, 3.05) is 0 Å². The molecule has 3 heteroatoms. The van der Waals surface area contributed by atoms with Gasteiger partial charge in [0.1, 0.15) is 0 Å². The number of rotatable bonds is 8. The third-order valence-electron chi connectivity index (χ3n) is 9.36. The van der Waals surface area contributed by atoms with Crippen molar-refractivity contribution in [2.45, 2.75) is 23.0 Å². The van der Waals surface area contributed by atoms with Crippen molar-refractivity contribution in [3.05, 3.63) is 170 Å². The summed E-state index contributed by atoms with van der Waals surface area (Å²) >= 11 is 0. The van der Waals surface area contributed by atoms with Crippen molar-refractivity contribution in [1.29, 1.82) is 0 Å². The van der Waals surface area contributed by atoms with Crippen LogP contribution in [0.5, 0.6) is 0 Å². The Kier molecular flexibility index (Phi) is 6.79. The SMILES string of the molecule is C[Si](C)(C1(B(c2ccccc2)c2ccccc2)C=CC=C1)C1(B(c2ccccc2)c2ccccc2)C=CC=C1. The van der Waals surface area contributed by atoms with Gasteiger partial charge in [-0.05, 0) is 9.88 Å². The van der Waals surface area contributed by atoms with Crippen molar-refractivity contribution in [3.8, 4) is 0 Å². The van der Waals surface area contributed by atoms with E-state index in [1.165, 1.54) is 21.9 Å². The van der Waals surface area contributed by atoms with Crippen LogP contribution in [0.4, 0.5) is 0 Å². The summed E-state index contributed by atoms with van der Waals surface area (Å²) in [6, 6.07) is 44.6. The van der Waals surface area contributed by atoms with E-state index >= 15 is 0 Å². The molecule has 0 saturated carbocycles. The van der Waals surface area contributed by atoms with E-state index in [1.54, 1.807) is 0 Å². The second-order valence-electron chi connectivity index (χ2n) is 11.4. The van der Waals surface area contributed by atoms with Gasteiger partial charge in [0.25, 0.3) is 0 Å². The highest BCUT2D eigenvalue weighted by Gasteiger charge is 2.63. The monoisotopic (exact) mass is 516 g/mol. The van der Waals surface area contributed by atoms with Crippen LogP contribution in [0, 0.1) is 0 Å². The van der Waals surface area contributed by atoms with E-state index in [-0.39, 0.29) is 23.3 Å². The summed E-state index contributed by atoms with van der Waals surface area (Å²) in [6.07, 6.45) is 19.3. The maximum Gasteiger partial charge on any atom is 0.220 e. The topological polar surface area (TPSA) is 0 Å². The van der Waals surface area contributed by atoms with Gasteiger partial charge >= 0.3 is 0 Å². The molecule has 0 aromatic heterocycles. The van der Waals surface area contributed by atoms with Gasteiger partial charge in [0.2, 0.25) is 13.4 Å². The van der Waals surface area contributed by atoms with Crippen LogP contribution in [0.3, 0.4) is 0 Å². The van der Waals surface area contributed by atoms with Gasteiger partial charge in [-0.25, -0.2) is 0 Å². The minimum Gasteiger partial charge on any atom is -0.0837 e. The average molecular weight is 516 g/mol. The van der Waals surface area contributed by atoms with E-state index in [1.807, 2.05) is 0 Å². The third kappa shape index (κ3) is 4.17. The molecular formula is C36H34B2Si. The van der Waals surface area contributed by atoms with E-state index in [0.29, 0.717) is 0 Å². The van der Waals surface area contributed by atoms with Crippen LogP contribution in [0.25, 0.3) is 0 Å². The molecule has 0 N–H and O–H groups in total. The fourth-order valence-corrected chi connectivity index (χ4v) is 12.3. The molecule has 0 fully saturated rings. The lowest BCUT2D eigenvalue weighted by molar-refractivity contribution is 1.02. The van der Waals surface area contributed by atoms with Crippen molar-refractivity contribution in [2.24, 2.45) is 0 Å². The fraction of sp³-hybridized carbons (Fsp3) is 0.111. The average Bonchev–Trinajstić information content (AvgIpc) is 3.69. The highest BCUT2D eigenvalue weighted by molar-refractivity contribution is 7.12. The molecule has 39 heavy (non-hydrogen) atoms. The summed E-state index contributed by atoms with van der Waals surface area (Å²) in [5, 5.41) is 0. The number of benzene rings is 4. The standard InChI is InChI=1S/C36H34B2Si/c1-39(2,35(27-15-16-28-35)37(31-19-7-3-8-20-31)32-21-9-4-10-22-32)36(29-17-18-30-36)38(33-23-11-5-12-24-33)34-25-13-6-14-26-34/h3-30H,1-2H3. The lowest BCUT2D eigenvalue weighted by Gasteiger charge is -2.55. The molecule has 0 aliphatic heterocycles. The molecule has 2 aliphatic carbocycles. The predicted molar refractivity (Wildman–Crippen MR) is 175 cm³/mol. The molecule has 0 heterocycles. The van der Waals surface area contributed by atoms with Gasteiger partial charge in [-0.1, -0.05) is 205 Å². The van der Waals surface area contributed by atoms with Gasteiger partial charge in [0, 0.05) is 0 Å². The van der Waals surface area contributed by atoms with Crippen LogP contribution < -0.4 is 21.9 Å². The summed E-state index contributed by atoms with van der Waals surface area (Å²) < 4.78 is 0. The van der Waals surface area contributed by atoms with Crippen LogP contribution in [-0.2, 0) is 0 Å². The largest absolute Gasteiger partial charge is 0.220 e. The number of hydrogen-bond acceptors (Lipinski definition) is 0. The quantitative estimate of drug-likeness (QED) is 0.248. The zero-order chi connectivity index (χ0) is 26.8. The highest BCUT2D eigenvalue weighted by Crippen LogP contribution is 2.60. The normalized spacial score (nSPS) is 16.5. The van der Waals surface area contributed by atoms with Gasteiger partial charge in [-0.15, -0.1) is 0 Å². The minimum atomic E-state index is -2.34. The van der Waals surface area contributed by atoms with Crippen LogP contribution in [-0.4, -0.2) is 21.5 Å². The molecular weight excluding hydrogens is 482 g/mol. The van der Waals surface area contributed by atoms with E-state index in [2.05, 4.69) is 183 Å². The van der Waals surface area contributed by atoms with E-state index < -0.39 is 8.07 Å². The Morgan fingerprint density at radius 3 is 0.846 bits per heavy atom. The van der Waals surface area contributed by atoms with Crippen LogP contribution in [0.15, 0.2) is 170 Å². The smallest absolute Gasteiger partial charge is 0.0837 e. The molecule has 4 aromatic carbocycles. The Morgan fingerprint density at radius 2 is 0.615 bits per heavy atom. The van der Waals surface area contributed by atoms with Crippen LogP contribution >= 0.6 is 0 Å². The van der Waals surface area contributed by atoms with Crippen molar-refractivity contribution < 1.29 is 0 Å². The number of hydrogen-bond donors (Lipinski definition) is 0. The molecule has 2 aliphatic rings. The van der Waals surface area contributed by atoms with E-state index in [4.69, 9.17) is 0 Å². The van der Waals surface area contributed by atoms with Gasteiger partial charge < -0.3 is 0 Å². The van der Waals surface area contributed by atoms with Gasteiger partial charge in [-0.3, -0.25) is 0 Å². The maximum absolute atomic E-state index is 2.63. The van der Waals surface area contributed by atoms with Crippen molar-refractivity contribution in [1.82, 2.24) is 0 Å². The summed E-state index contributed by atoms with van der Waals surface area (Å²) in [4.78, 5) is -0.285. The summed E-state index contributed by atoms with van der Waals surface area (Å²) in [5.74, 6) is 0. The highest BCUT2D eigenvalue weighted by atomic mass is 28.3. The van der Waals surface area contributed by atoms with Crippen LogP contribution in [0.2, 0.25) is 23.0 Å². The Labute approximate surface area is 235 Å². The Morgan fingerprint density at radius 1 is 0.385 bits per heavy atom. The van der Waals surface area contributed by atoms with E-state index in [0.717, 1.165) is 0 Å². The molecule has 0 spiro atoms. The molecule has 0 nitrogen and oxygen atoms in total. The molecule has 0 atom stereocenters. The first-order valence-electron chi connectivity index (χ1n) is 14.0. The molecule has 0 bridgehead atoms. The Bertz CT molecular complexity index is 1300. The summed E-state index contributed by atoms with van der Waals surface area (Å²) in [5.41, 5.74) is 5.49. The zero-order valence-electron chi connectivity index (χ0n) is 22.8. The first kappa shape index (κ1) is 25.5. The molecule has 0 saturated heterocycles. The van der Waals surface area contributed by atoms with Gasteiger partial charge in [-0.2, -0.15) is 0 Å². The van der Waals surface area contributed by atoms with Crippen LogP contribution in [0.1, 0.15) is 0 Å². The lowest BCUT2D eigenvalue weighted by atomic mass is 9.32. The van der Waals surface area contributed by atoms with Crippen molar-refractivity contribution >= 4 is 43.4 Å². The Hall–Kier alpha value is -3.81. The van der Waals surface area contributed by atoms with Gasteiger partial charge in [0.15, 0.2) is 0 Å². The number of allylic oxidation sites excluding steroid dienone is 8. The fourth-order valence-electron chi connectivity index (χ4n) is 7.36. The van der Waals surface area contributed by atoms with E-state index in [9.17, 15) is 0 Å². The lowest BCUT2D eigenvalue weighted by Crippen LogP contribution is -2.69. The molecule has 4 aromatic rings. The Balaban J connectivity index is 1.62. The summed E-state index contributed by atoms with van der Waals surface area (Å²) in [7, 11) is -2.34. The summed E-state index contributed by atoms with van der Waals surface area (Å²) in [6.45, 7) is 5.68. The second kappa shape index (κ2) is 10.4. The van der Waals surface area contributed by atoms with Crippen molar-refractivity contribution in [3.63, 3.8) is 0 Å². The zero-order valence-corrected chi connectivity index (χ0v) is 23.8. The molecule has 188 valence electrons. The minimum absolute atomic E-state index is 0.142. The molecule has 6 rings (SSSR count). The third-order valence-corrected chi connectivity index (χ3v) is 14.9. The first-order valence-corrected chi connectivity index (χ1v) is 17.0. The molecule has 0 unspecified atom stereocenters. The maximum atomic E-state index is 2.63. The second-order valence-corrected chi connectivity index (χ2v) is 16.4. The molecule has 0 radical (unpaired) electrons. The first-order chi connectivity index (χ1) is 19.1. The molecule has 0 amide bonds.